The number of halogens is 1. The smallest absolute Gasteiger partial charge is 0.233 e. The molecule has 0 radical (unpaired) electrons. The van der Waals surface area contributed by atoms with Crippen molar-refractivity contribution >= 4 is 5.91 Å². The largest absolute Gasteiger partial charge is 0.381 e. The van der Waals surface area contributed by atoms with Gasteiger partial charge in [-0.05, 0) is 61.6 Å². The molecular formula is C25H28FN3O2. The van der Waals surface area contributed by atoms with Crippen LogP contribution in [0.2, 0.25) is 0 Å². The van der Waals surface area contributed by atoms with Crippen LogP contribution < -0.4 is 0 Å². The van der Waals surface area contributed by atoms with Gasteiger partial charge in [0.25, 0.3) is 0 Å². The van der Waals surface area contributed by atoms with Gasteiger partial charge in [-0.15, -0.1) is 0 Å². The van der Waals surface area contributed by atoms with Gasteiger partial charge in [-0.2, -0.15) is 5.10 Å². The highest BCUT2D eigenvalue weighted by Crippen LogP contribution is 2.36. The van der Waals surface area contributed by atoms with Gasteiger partial charge in [0.05, 0.1) is 11.1 Å². The maximum atomic E-state index is 13.5. The van der Waals surface area contributed by atoms with Crippen molar-refractivity contribution in [1.29, 1.82) is 0 Å². The van der Waals surface area contributed by atoms with E-state index in [0.29, 0.717) is 32.6 Å². The number of benzene rings is 2. The standard InChI is InChI=1S/C25H28FN3O2/c1-29(24(30)25(13-16-31-17-14-25)20-6-3-2-4-7-20)15-5-8-22-18-23(28-27-22)19-9-11-21(26)12-10-19/h2-4,6-7,9-12,18H,5,8,13-17H2,1H3,(H,27,28). The number of ether oxygens (including phenoxy) is 1. The Morgan fingerprint density at radius 3 is 2.55 bits per heavy atom. The Morgan fingerprint density at radius 2 is 1.84 bits per heavy atom. The minimum absolute atomic E-state index is 0.165. The molecular weight excluding hydrogens is 393 g/mol. The van der Waals surface area contributed by atoms with Crippen molar-refractivity contribution in [2.45, 2.75) is 31.1 Å². The topological polar surface area (TPSA) is 58.2 Å². The third kappa shape index (κ3) is 4.69. The summed E-state index contributed by atoms with van der Waals surface area (Å²) in [5.41, 5.74) is 3.25. The number of H-pyrrole nitrogens is 1. The van der Waals surface area contributed by atoms with Gasteiger partial charge in [0.2, 0.25) is 5.91 Å². The fourth-order valence-electron chi connectivity index (χ4n) is 4.33. The second kappa shape index (κ2) is 9.43. The molecule has 0 unspecified atom stereocenters. The van der Waals surface area contributed by atoms with E-state index in [9.17, 15) is 9.18 Å². The first kappa shape index (κ1) is 21.2. The zero-order chi connectivity index (χ0) is 21.7. The number of likely N-dealkylation sites (N-methyl/N-ethyl adjacent to an activating group) is 1. The van der Waals surface area contributed by atoms with Crippen molar-refractivity contribution in [3.63, 3.8) is 0 Å². The molecule has 1 N–H and O–H groups in total. The van der Waals surface area contributed by atoms with Crippen LogP contribution in [0, 0.1) is 5.82 Å². The van der Waals surface area contributed by atoms with Gasteiger partial charge < -0.3 is 9.64 Å². The van der Waals surface area contributed by atoms with Crippen LogP contribution >= 0.6 is 0 Å². The lowest BCUT2D eigenvalue weighted by Gasteiger charge is -2.39. The zero-order valence-electron chi connectivity index (χ0n) is 17.8. The van der Waals surface area contributed by atoms with E-state index in [-0.39, 0.29) is 11.7 Å². The van der Waals surface area contributed by atoms with Gasteiger partial charge in [0.1, 0.15) is 5.82 Å². The Morgan fingerprint density at radius 1 is 1.13 bits per heavy atom. The number of nitrogens with one attached hydrogen (secondary N) is 1. The van der Waals surface area contributed by atoms with E-state index in [0.717, 1.165) is 35.4 Å². The lowest BCUT2D eigenvalue weighted by Crippen LogP contribution is -2.49. The van der Waals surface area contributed by atoms with E-state index < -0.39 is 5.41 Å². The fourth-order valence-corrected chi connectivity index (χ4v) is 4.33. The van der Waals surface area contributed by atoms with Gasteiger partial charge in [0.15, 0.2) is 0 Å². The predicted octanol–water partition coefficient (Wildman–Crippen LogP) is 4.36. The highest BCUT2D eigenvalue weighted by molar-refractivity contribution is 5.88. The van der Waals surface area contributed by atoms with Crippen LogP contribution in [0.5, 0.6) is 0 Å². The number of carbonyl (C=O) groups excluding carboxylic acids is 1. The number of hydrogen-bond donors (Lipinski definition) is 1. The number of hydrogen-bond acceptors (Lipinski definition) is 3. The van der Waals surface area contributed by atoms with Gasteiger partial charge >= 0.3 is 0 Å². The van der Waals surface area contributed by atoms with Gasteiger partial charge in [-0.1, -0.05) is 30.3 Å². The molecule has 1 fully saturated rings. The first-order chi connectivity index (χ1) is 15.1. The lowest BCUT2D eigenvalue weighted by molar-refractivity contribution is -0.140. The van der Waals surface area contributed by atoms with Crippen molar-refractivity contribution in [3.05, 3.63) is 77.7 Å². The average molecular weight is 422 g/mol. The quantitative estimate of drug-likeness (QED) is 0.617. The maximum absolute atomic E-state index is 13.5. The molecule has 162 valence electrons. The molecule has 0 spiro atoms. The molecule has 5 nitrogen and oxygen atoms in total. The van der Waals surface area contributed by atoms with Crippen molar-refractivity contribution in [2.75, 3.05) is 26.8 Å². The molecule has 1 saturated heterocycles. The van der Waals surface area contributed by atoms with E-state index in [1.807, 2.05) is 36.2 Å². The molecule has 6 heteroatoms. The molecule has 0 saturated carbocycles. The highest BCUT2D eigenvalue weighted by atomic mass is 19.1. The van der Waals surface area contributed by atoms with Crippen molar-refractivity contribution in [3.8, 4) is 11.3 Å². The van der Waals surface area contributed by atoms with Gasteiger partial charge in [-0.25, -0.2) is 4.39 Å². The number of aromatic nitrogens is 2. The summed E-state index contributed by atoms with van der Waals surface area (Å²) in [4.78, 5) is 15.4. The summed E-state index contributed by atoms with van der Waals surface area (Å²) < 4.78 is 18.7. The fraction of sp³-hybridized carbons (Fsp3) is 0.360. The van der Waals surface area contributed by atoms with E-state index in [2.05, 4.69) is 22.3 Å². The number of carbonyl (C=O) groups is 1. The van der Waals surface area contributed by atoms with Crippen LogP contribution in [0.1, 0.15) is 30.5 Å². The molecule has 1 aliphatic rings. The normalized spacial score (nSPS) is 15.5. The molecule has 0 atom stereocenters. The summed E-state index contributed by atoms with van der Waals surface area (Å²) in [6, 6.07) is 18.4. The molecule has 2 aromatic carbocycles. The first-order valence-electron chi connectivity index (χ1n) is 10.8. The zero-order valence-corrected chi connectivity index (χ0v) is 17.8. The van der Waals surface area contributed by atoms with Gasteiger partial charge in [-0.3, -0.25) is 9.89 Å². The Balaban J connectivity index is 1.37. The Kier molecular flexibility index (Phi) is 6.47. The van der Waals surface area contributed by atoms with E-state index >= 15 is 0 Å². The van der Waals surface area contributed by atoms with E-state index in [1.54, 1.807) is 12.1 Å². The van der Waals surface area contributed by atoms with Crippen LogP contribution in [-0.4, -0.2) is 47.8 Å². The summed E-state index contributed by atoms with van der Waals surface area (Å²) in [5.74, 6) is -0.0939. The average Bonchev–Trinajstić information content (AvgIpc) is 3.29. The summed E-state index contributed by atoms with van der Waals surface area (Å²) in [6.45, 7) is 1.88. The number of nitrogens with zero attached hydrogens (tertiary/aromatic N) is 2. The number of rotatable bonds is 7. The van der Waals surface area contributed by atoms with Crippen molar-refractivity contribution < 1.29 is 13.9 Å². The molecule has 1 amide bonds. The van der Waals surface area contributed by atoms with Gasteiger partial charge in [0, 0.05) is 38.1 Å². The van der Waals surface area contributed by atoms with Crippen molar-refractivity contribution in [2.24, 2.45) is 0 Å². The van der Waals surface area contributed by atoms with Crippen LogP contribution in [0.4, 0.5) is 4.39 Å². The Bertz CT molecular complexity index is 995. The number of aromatic amines is 1. The Hall–Kier alpha value is -2.99. The molecule has 3 aromatic rings. The van der Waals surface area contributed by atoms with Crippen LogP contribution in [0.25, 0.3) is 11.3 Å². The second-order valence-corrected chi connectivity index (χ2v) is 8.18. The van der Waals surface area contributed by atoms with Crippen molar-refractivity contribution in [1.82, 2.24) is 15.1 Å². The molecule has 0 bridgehead atoms. The number of aryl methyl sites for hydroxylation is 1. The van der Waals surface area contributed by atoms with E-state index in [4.69, 9.17) is 4.74 Å². The molecule has 1 aromatic heterocycles. The first-order valence-corrected chi connectivity index (χ1v) is 10.8. The highest BCUT2D eigenvalue weighted by Gasteiger charge is 2.43. The molecule has 31 heavy (non-hydrogen) atoms. The summed E-state index contributed by atoms with van der Waals surface area (Å²) in [5, 5.41) is 7.39. The SMILES string of the molecule is CN(CCCc1cc(-c2ccc(F)cc2)n[nH]1)C(=O)C1(c2ccccc2)CCOCC1. The molecule has 2 heterocycles. The Labute approximate surface area is 182 Å². The third-order valence-electron chi connectivity index (χ3n) is 6.14. The third-order valence-corrected chi connectivity index (χ3v) is 6.14. The van der Waals surface area contributed by atoms with Crippen LogP contribution in [-0.2, 0) is 21.4 Å². The van der Waals surface area contributed by atoms with Crippen LogP contribution in [0.15, 0.2) is 60.7 Å². The summed E-state index contributed by atoms with van der Waals surface area (Å²) in [6.07, 6.45) is 3.03. The molecule has 4 rings (SSSR count). The minimum atomic E-state index is -0.502. The van der Waals surface area contributed by atoms with Crippen LogP contribution in [0.3, 0.4) is 0 Å². The molecule has 1 aliphatic heterocycles. The predicted molar refractivity (Wildman–Crippen MR) is 118 cm³/mol. The van der Waals surface area contributed by atoms with E-state index in [1.165, 1.54) is 12.1 Å². The second-order valence-electron chi connectivity index (χ2n) is 8.18. The number of amides is 1. The monoisotopic (exact) mass is 421 g/mol. The minimum Gasteiger partial charge on any atom is -0.381 e. The maximum Gasteiger partial charge on any atom is 0.233 e. The summed E-state index contributed by atoms with van der Waals surface area (Å²) in [7, 11) is 1.89. The lowest BCUT2D eigenvalue weighted by atomic mass is 9.73. The summed E-state index contributed by atoms with van der Waals surface area (Å²) >= 11 is 0. The molecule has 0 aliphatic carbocycles.